The zero-order valence-corrected chi connectivity index (χ0v) is 73.9. The van der Waals surface area contributed by atoms with Crippen molar-refractivity contribution < 1.29 is 99.3 Å². The lowest BCUT2D eigenvalue weighted by molar-refractivity contribution is 0.0735. The Kier molecular flexibility index (Phi) is 28.8. The molecule has 694 valence electrons. The van der Waals surface area contributed by atoms with Crippen LogP contribution in [0.4, 0.5) is 11.5 Å². The van der Waals surface area contributed by atoms with E-state index >= 15 is 0 Å². The average Bonchev–Trinajstić information content (AvgIpc) is 1.63. The SMILES string of the molecule is CO[C@H]1CCc2ccccc2[C@H]1Nc1cc(O[C@@H]2C[C@@H](COS(N)(=O)=O)[C@@H](O)C2)ncn1.NS(=O)(=O)OC[C@@H]1C[C@@H](Oc2cc(OCc3ccc4ccccc4c3)ncn2)C[C@@H]1O.NS(=O)(=O)OC[C@@H]1C[C@@H](Oc2ncnc3nc(-c4c[nH]c5ccccc45)[nH]c23)C[C@@H]1O.NS(=O)(=O)OC[C@@H]1C[C@@H](Oc2ncnc3nc(-c4ccc(N5CCCC5)c5ccccc45)[nH]c23)C[C@@H]1O. The van der Waals surface area contributed by atoms with Crippen molar-refractivity contribution in [1.82, 2.24) is 64.8 Å². The van der Waals surface area contributed by atoms with E-state index in [0.29, 0.717) is 127 Å². The van der Waals surface area contributed by atoms with Crippen molar-refractivity contribution >= 4 is 107 Å². The summed E-state index contributed by atoms with van der Waals surface area (Å²) in [5, 5.41) is 69.4. The summed E-state index contributed by atoms with van der Waals surface area (Å²) in [6, 6.07) is 46.2. The van der Waals surface area contributed by atoms with E-state index in [4.69, 9.17) is 54.0 Å². The largest absolute Gasteiger partial charge is 0.474 e. The zero-order chi connectivity index (χ0) is 91.7. The van der Waals surface area contributed by atoms with Gasteiger partial charge < -0.3 is 74.0 Å². The predicted molar refractivity (Wildman–Crippen MR) is 478 cm³/mol. The molecular weight excluding hydrogens is 1780 g/mol. The maximum Gasteiger partial charge on any atom is 0.333 e. The number of anilines is 2. The van der Waals surface area contributed by atoms with Crippen molar-refractivity contribution in [1.29, 1.82) is 0 Å². The molecule has 13 aromatic rings. The van der Waals surface area contributed by atoms with Crippen LogP contribution in [-0.2, 0) is 75.7 Å². The molecule has 6 aromatic carbocycles. The van der Waals surface area contributed by atoms with Crippen LogP contribution in [0.3, 0.4) is 0 Å². The number of aliphatic hydroxyl groups is 4. The Bertz CT molecular complexity index is 6660. The number of nitrogens with zero attached hydrogens (tertiary/aromatic N) is 11. The summed E-state index contributed by atoms with van der Waals surface area (Å²) >= 11 is 0. The topological polar surface area (TPSA) is 605 Å². The van der Waals surface area contributed by atoms with E-state index in [1.54, 1.807) is 19.2 Å². The number of ether oxygens (including phenoxy) is 6. The fourth-order valence-electron chi connectivity index (χ4n) is 17.5. The highest BCUT2D eigenvalue weighted by atomic mass is 32.2. The lowest BCUT2D eigenvalue weighted by Crippen LogP contribution is -2.32. The number of nitrogens with one attached hydrogen (secondary N) is 4. The van der Waals surface area contributed by atoms with Crippen molar-refractivity contribution in [2.75, 3.05) is 56.8 Å². The molecule has 0 amide bonds. The number of aromatic amines is 3. The van der Waals surface area contributed by atoms with Crippen LogP contribution in [0.25, 0.3) is 77.6 Å². The normalized spacial score (nSPS) is 23.3. The number of nitrogens with two attached hydrogens (primary N) is 4. The number of imidazole rings is 2. The number of methoxy groups -OCH3 is 1. The number of H-pyrrole nitrogens is 3. The Balaban J connectivity index is 0.000000128. The summed E-state index contributed by atoms with van der Waals surface area (Å²) < 4.78 is 142. The van der Waals surface area contributed by atoms with Crippen molar-refractivity contribution in [3.05, 3.63) is 188 Å². The van der Waals surface area contributed by atoms with Gasteiger partial charge in [-0.2, -0.15) is 43.6 Å². The number of hydrogen-bond acceptors (Lipinski definition) is 34. The second kappa shape index (κ2) is 40.7. The number of rotatable bonds is 29. The quantitative estimate of drug-likeness (QED) is 0.0224. The molecule has 8 heterocycles. The maximum absolute atomic E-state index is 11.1. The summed E-state index contributed by atoms with van der Waals surface area (Å²) in [4.78, 5) is 55.3. The molecule has 0 spiro atoms. The van der Waals surface area contributed by atoms with Gasteiger partial charge in [0.05, 0.1) is 69.1 Å². The van der Waals surface area contributed by atoms with E-state index in [1.807, 2.05) is 79.0 Å². The number of aliphatic hydroxyl groups excluding tert-OH is 4. The predicted octanol–water partition coefficient (Wildman–Crippen LogP) is 7.03. The lowest BCUT2D eigenvalue weighted by Gasteiger charge is -2.33. The molecular formula is C86H99N19O22S4. The Morgan fingerprint density at radius 3 is 1.50 bits per heavy atom. The maximum atomic E-state index is 11.1. The third-order valence-corrected chi connectivity index (χ3v) is 25.7. The molecule has 5 fully saturated rings. The number of para-hydroxylation sites is 1. The van der Waals surface area contributed by atoms with Crippen molar-refractivity contribution in [3.63, 3.8) is 0 Å². The van der Waals surface area contributed by atoms with Crippen LogP contribution in [0.5, 0.6) is 29.4 Å². The standard InChI is InChI=1S/C25H28N6O5S.C21H28N4O6S.C21H23N3O6S.C19H20N6O5S/c26-37(33,34)35-13-15-11-16(12-21(15)32)36-25-22-24(27-14-28-25)30-23(29-22)19-7-8-20(31-9-3-4-10-31)18-6-2-1-5-17(18)19;1-29-18-7-6-13-4-2-3-5-16(13)21(18)25-19-10-20(24-12-23-19)31-15-8-14(17(26)9-15)11-30-32(22,27)28;22-31(26,27)29-12-17-8-18(9-19(17)25)30-21-10-20(23-13-24-21)28-11-14-5-6-15-3-1-2-4-16(15)7-14;20-31(27,28)29-8-10-5-11(6-15(10)26)30-19-16-18(22-9-23-19)25-17(24-16)13-7-21-14-4-2-1-3-12(13)14/h1-2,5-8,14-16,21,32H,3-4,9-13H2,(H2,26,33,34)(H,27,28,29,30);2-5,10,12,14-15,17-18,21,26H,6-9,11H2,1H3,(H2,22,27,28)(H,23,24,25);1-7,10,13,17-19,25H,8-9,11-12H2,(H2,22,26,27);1-4,7,9-11,15,21,26H,5-6,8H2,(H2,20,27,28)(H,22,23,24,25)/t15-,16+,21-;14-,15+,17-,18-,21+;17-,18+,19-;10-,11+,15-/m0000/s1. The molecule has 0 bridgehead atoms. The van der Waals surface area contributed by atoms with Crippen LogP contribution < -0.4 is 54.5 Å². The van der Waals surface area contributed by atoms with Gasteiger partial charge in [0.25, 0.3) is 0 Å². The number of benzene rings is 6. The van der Waals surface area contributed by atoms with E-state index in [0.717, 1.165) is 69.7 Å². The summed E-state index contributed by atoms with van der Waals surface area (Å²) in [7, 11) is -14.5. The van der Waals surface area contributed by atoms with Crippen LogP contribution in [0.15, 0.2) is 171 Å². The van der Waals surface area contributed by atoms with Crippen molar-refractivity contribution in [2.24, 2.45) is 44.2 Å². The van der Waals surface area contributed by atoms with Crippen LogP contribution in [0.1, 0.15) is 93.4 Å². The fraction of sp³-hybridized carbons (Fsp3) is 0.395. The van der Waals surface area contributed by atoms with Crippen molar-refractivity contribution in [3.8, 4) is 52.2 Å². The number of aromatic nitrogens is 13. The molecule has 0 unspecified atom stereocenters. The first-order valence-electron chi connectivity index (χ1n) is 42.3. The molecule has 5 aliphatic carbocycles. The Morgan fingerprint density at radius 2 is 0.939 bits per heavy atom. The average molecular weight is 1880 g/mol. The zero-order valence-electron chi connectivity index (χ0n) is 70.7. The molecule has 4 saturated carbocycles. The van der Waals surface area contributed by atoms with Gasteiger partial charge in [0.1, 0.15) is 84.8 Å². The molecule has 45 heteroatoms. The highest BCUT2D eigenvalue weighted by Gasteiger charge is 2.41. The number of fused-ring (bicyclic) bond motifs is 6. The minimum atomic E-state index is -4.08. The molecule has 16 N–H and O–H groups in total. The highest BCUT2D eigenvalue weighted by molar-refractivity contribution is 7.85. The van der Waals surface area contributed by atoms with Gasteiger partial charge in [0.15, 0.2) is 11.3 Å². The monoisotopic (exact) mass is 1880 g/mol. The molecule has 1 saturated heterocycles. The molecule has 41 nitrogen and oxygen atoms in total. The minimum absolute atomic E-state index is 0.00814. The first-order valence-corrected chi connectivity index (χ1v) is 48.2. The van der Waals surface area contributed by atoms with E-state index in [2.05, 4.69) is 141 Å². The van der Waals surface area contributed by atoms with E-state index in [9.17, 15) is 54.1 Å². The third-order valence-electron chi connectivity index (χ3n) is 23.9. The van der Waals surface area contributed by atoms with Gasteiger partial charge in [-0.3, -0.25) is 16.7 Å². The summed E-state index contributed by atoms with van der Waals surface area (Å²) in [6.45, 7) is 1.70. The molecule has 1 aliphatic heterocycles. The molecule has 6 aliphatic rings. The van der Waals surface area contributed by atoms with Gasteiger partial charge in [-0.1, -0.05) is 103 Å². The van der Waals surface area contributed by atoms with Gasteiger partial charge >= 0.3 is 41.2 Å². The number of hydrogen-bond donors (Lipinski definition) is 12. The fourth-order valence-corrected chi connectivity index (χ4v) is 18.9. The first-order chi connectivity index (χ1) is 62.9. The molecule has 14 atom stereocenters. The number of aryl methyl sites for hydroxylation is 1. The van der Waals surface area contributed by atoms with E-state index < -0.39 is 83.4 Å². The summed E-state index contributed by atoms with van der Waals surface area (Å²) in [6.07, 6.45) is 10.1. The van der Waals surface area contributed by atoms with Crippen LogP contribution in [-0.4, -0.2) is 220 Å². The van der Waals surface area contributed by atoms with Crippen molar-refractivity contribution in [2.45, 2.75) is 145 Å². The van der Waals surface area contributed by atoms with Crippen LogP contribution in [0.2, 0.25) is 0 Å². The van der Waals surface area contributed by atoms with Gasteiger partial charge in [-0.05, 0) is 108 Å². The van der Waals surface area contributed by atoms with E-state index in [1.165, 1.54) is 60.4 Å². The third kappa shape index (κ3) is 24.1. The van der Waals surface area contributed by atoms with Crippen LogP contribution >= 0.6 is 0 Å². The summed E-state index contributed by atoms with van der Waals surface area (Å²) in [5.74, 6) is 1.96. The minimum Gasteiger partial charge on any atom is -0.474 e. The van der Waals surface area contributed by atoms with Gasteiger partial charge in [0, 0.05) is 115 Å². The first kappa shape index (κ1) is 92.8. The highest BCUT2D eigenvalue weighted by Crippen LogP contribution is 2.42. The van der Waals surface area contributed by atoms with Gasteiger partial charge in [-0.25, -0.2) is 60.4 Å². The Labute approximate surface area is 752 Å². The Hall–Kier alpha value is -11.5. The van der Waals surface area contributed by atoms with E-state index in [-0.39, 0.29) is 68.9 Å². The molecule has 131 heavy (non-hydrogen) atoms. The van der Waals surface area contributed by atoms with Crippen LogP contribution in [0, 0.1) is 23.7 Å². The second-order valence-electron chi connectivity index (χ2n) is 32.8. The molecule has 7 aromatic heterocycles. The summed E-state index contributed by atoms with van der Waals surface area (Å²) in [5.41, 5.74) is 9.60. The second-order valence-corrected chi connectivity index (χ2v) is 37.7. The van der Waals surface area contributed by atoms with Gasteiger partial charge in [0.2, 0.25) is 29.4 Å². The lowest BCUT2D eigenvalue weighted by atomic mass is 9.85. The smallest absolute Gasteiger partial charge is 0.333 e. The molecule has 0 radical (unpaired) electrons. The molecule has 19 rings (SSSR count). The Morgan fingerprint density at radius 1 is 0.466 bits per heavy atom. The van der Waals surface area contributed by atoms with Gasteiger partial charge in [-0.15, -0.1) is 0 Å².